The fourth-order valence-electron chi connectivity index (χ4n) is 0.102. The van der Waals surface area contributed by atoms with Gasteiger partial charge in [-0.1, -0.05) is 0 Å². The largest absolute Gasteiger partial charge is 0.793 e. The number of unbranched alkanes of at least 4 members (excludes halogenated alkanes) is 1. The first-order valence-electron chi connectivity index (χ1n) is 1.79. The Labute approximate surface area is 60.6 Å². The first-order chi connectivity index (χ1) is 2.41. The molecule has 6 heavy (non-hydrogen) atoms. The Hall–Kier alpha value is 1.09. The summed E-state index contributed by atoms with van der Waals surface area (Å²) in [6, 6.07) is 0. The van der Waals surface area contributed by atoms with E-state index in [0.29, 0.717) is 0 Å². The van der Waals surface area contributed by atoms with E-state index < -0.39 is 0 Å². The molecule has 0 aliphatic heterocycles. The number of rotatable bonds is 2. The zero-order valence-corrected chi connectivity index (χ0v) is 6.52. The first-order valence-corrected chi connectivity index (χ1v) is 2.37. The smallest absolute Gasteiger partial charge is 0 e. The SMILES string of the molecule is [Au].[CH2-]CCC[S-]. The van der Waals surface area contributed by atoms with Crippen LogP contribution in [0.2, 0.25) is 0 Å². The van der Waals surface area contributed by atoms with Crippen LogP contribution in [-0.2, 0) is 35.0 Å². The molecule has 0 aromatic carbocycles. The summed E-state index contributed by atoms with van der Waals surface area (Å²) in [6.45, 7) is 3.61. The monoisotopic (exact) mass is 285 g/mol. The van der Waals surface area contributed by atoms with E-state index in [9.17, 15) is 0 Å². The van der Waals surface area contributed by atoms with Gasteiger partial charge in [0.25, 0.3) is 0 Å². The van der Waals surface area contributed by atoms with Crippen molar-refractivity contribution in [3.8, 4) is 0 Å². The minimum Gasteiger partial charge on any atom is -0.793 e. The third kappa shape index (κ3) is 8.92. The van der Waals surface area contributed by atoms with Gasteiger partial charge >= 0.3 is 0 Å². The zero-order chi connectivity index (χ0) is 4.12. The number of hydrogen-bond acceptors (Lipinski definition) is 1. The van der Waals surface area contributed by atoms with Crippen LogP contribution in [0.25, 0.3) is 0 Å². The fourth-order valence-corrected chi connectivity index (χ4v) is 0.306. The van der Waals surface area contributed by atoms with E-state index >= 15 is 0 Å². The zero-order valence-electron chi connectivity index (χ0n) is 3.54. The Morgan fingerprint density at radius 3 is 2.00 bits per heavy atom. The van der Waals surface area contributed by atoms with Gasteiger partial charge in [-0.25, -0.2) is 0 Å². The summed E-state index contributed by atoms with van der Waals surface area (Å²) in [5, 5.41) is 0. The van der Waals surface area contributed by atoms with Gasteiger partial charge < -0.3 is 19.6 Å². The average Bonchev–Trinajstić information content (AvgIpc) is 1.41. The molecule has 0 saturated heterocycles. The molecular weight excluding hydrogens is 277 g/mol. The molecule has 1 radical (unpaired) electrons. The summed E-state index contributed by atoms with van der Waals surface area (Å²) in [4.78, 5) is 0. The summed E-state index contributed by atoms with van der Waals surface area (Å²) in [7, 11) is 0. The minimum atomic E-state index is 0. The second kappa shape index (κ2) is 9.43. The molecule has 0 amide bonds. The Bertz CT molecular complexity index is 15.0. The van der Waals surface area contributed by atoms with Gasteiger partial charge in [-0.15, -0.1) is 6.42 Å². The third-order valence-corrected chi connectivity index (χ3v) is 0.683. The molecular formula is C4H8AuS-2. The molecule has 0 bridgehead atoms. The van der Waals surface area contributed by atoms with Gasteiger partial charge in [0.15, 0.2) is 0 Å². The Kier molecular flexibility index (Phi) is 16.0. The summed E-state index contributed by atoms with van der Waals surface area (Å²) in [5.41, 5.74) is 0. The molecule has 0 nitrogen and oxygen atoms in total. The van der Waals surface area contributed by atoms with Crippen LogP contribution in [0, 0.1) is 6.92 Å². The maximum Gasteiger partial charge on any atom is 0 e. The molecule has 0 aliphatic carbocycles. The van der Waals surface area contributed by atoms with Gasteiger partial charge in [0.05, 0.1) is 0 Å². The van der Waals surface area contributed by atoms with Crippen LogP contribution in [0.1, 0.15) is 12.8 Å². The molecule has 0 fully saturated rings. The van der Waals surface area contributed by atoms with E-state index in [-0.39, 0.29) is 22.4 Å². The van der Waals surface area contributed by atoms with Gasteiger partial charge in [-0.2, -0.15) is 12.2 Å². The normalized spacial score (nSPS) is 7.00. The molecule has 0 unspecified atom stereocenters. The molecule has 2 heteroatoms. The Morgan fingerprint density at radius 2 is 2.00 bits per heavy atom. The second-order valence-corrected chi connectivity index (χ2v) is 1.32. The van der Waals surface area contributed by atoms with Crippen LogP contribution in [0.4, 0.5) is 0 Å². The summed E-state index contributed by atoms with van der Waals surface area (Å²) in [5.74, 6) is 0.865. The van der Waals surface area contributed by atoms with Crippen molar-refractivity contribution in [1.29, 1.82) is 0 Å². The summed E-state index contributed by atoms with van der Waals surface area (Å²) >= 11 is 4.61. The van der Waals surface area contributed by atoms with Crippen molar-refractivity contribution >= 4 is 12.6 Å². The second-order valence-electron chi connectivity index (χ2n) is 0.911. The molecule has 0 rings (SSSR count). The molecule has 0 N–H and O–H groups in total. The van der Waals surface area contributed by atoms with Crippen molar-refractivity contribution in [2.75, 3.05) is 5.75 Å². The minimum absolute atomic E-state index is 0. The standard InChI is InChI=1S/C4H9S.Au/c1-2-3-4-5;/h5H,1-4H2;/q-1;/p-1. The van der Waals surface area contributed by atoms with Crippen molar-refractivity contribution in [2.45, 2.75) is 12.8 Å². The molecule has 0 saturated carbocycles. The van der Waals surface area contributed by atoms with E-state index in [0.717, 1.165) is 18.6 Å². The van der Waals surface area contributed by atoms with E-state index in [4.69, 9.17) is 0 Å². The molecule has 0 aromatic heterocycles. The van der Waals surface area contributed by atoms with E-state index in [2.05, 4.69) is 19.6 Å². The first kappa shape index (κ1) is 10.1. The van der Waals surface area contributed by atoms with Crippen molar-refractivity contribution in [2.24, 2.45) is 0 Å². The third-order valence-electron chi connectivity index (χ3n) is 0.394. The molecule has 43 valence electrons. The fraction of sp³-hybridized carbons (Fsp3) is 0.750. The van der Waals surface area contributed by atoms with Crippen LogP contribution in [0.5, 0.6) is 0 Å². The predicted octanol–water partition coefficient (Wildman–Crippen LogP) is 1.15. The Morgan fingerprint density at radius 1 is 1.50 bits per heavy atom. The van der Waals surface area contributed by atoms with Crippen LogP contribution in [0.3, 0.4) is 0 Å². The van der Waals surface area contributed by atoms with Gasteiger partial charge in [-0.3, -0.25) is 0 Å². The Balaban J connectivity index is 0. The molecule has 0 aromatic rings. The summed E-state index contributed by atoms with van der Waals surface area (Å²) in [6.07, 6.45) is 2.08. The van der Waals surface area contributed by atoms with Crippen molar-refractivity contribution in [1.82, 2.24) is 0 Å². The van der Waals surface area contributed by atoms with Crippen molar-refractivity contribution in [3.05, 3.63) is 6.92 Å². The molecule has 0 heterocycles. The van der Waals surface area contributed by atoms with Gasteiger partial charge in [-0.05, 0) is 0 Å². The predicted molar refractivity (Wildman–Crippen MR) is 26.8 cm³/mol. The van der Waals surface area contributed by atoms with Crippen LogP contribution in [-0.4, -0.2) is 5.75 Å². The van der Waals surface area contributed by atoms with Crippen LogP contribution >= 0.6 is 0 Å². The quantitative estimate of drug-likeness (QED) is 0.416. The van der Waals surface area contributed by atoms with Gasteiger partial charge in [0.2, 0.25) is 0 Å². The van der Waals surface area contributed by atoms with Crippen LogP contribution < -0.4 is 0 Å². The number of hydrogen-bond donors (Lipinski definition) is 0. The van der Waals surface area contributed by atoms with Crippen LogP contribution in [0.15, 0.2) is 0 Å². The van der Waals surface area contributed by atoms with Gasteiger partial charge in [0.1, 0.15) is 0 Å². The summed E-state index contributed by atoms with van der Waals surface area (Å²) < 4.78 is 0. The van der Waals surface area contributed by atoms with E-state index in [1.807, 2.05) is 0 Å². The molecule has 0 spiro atoms. The van der Waals surface area contributed by atoms with E-state index in [1.54, 1.807) is 0 Å². The van der Waals surface area contributed by atoms with E-state index in [1.165, 1.54) is 0 Å². The van der Waals surface area contributed by atoms with Crippen molar-refractivity contribution in [3.63, 3.8) is 0 Å². The molecule has 0 atom stereocenters. The molecule has 0 aliphatic rings. The van der Waals surface area contributed by atoms with Crippen molar-refractivity contribution < 1.29 is 22.4 Å². The average molecular weight is 285 g/mol. The van der Waals surface area contributed by atoms with Gasteiger partial charge in [0, 0.05) is 22.4 Å². The maximum absolute atomic E-state index is 4.61. The maximum atomic E-state index is 4.61. The topological polar surface area (TPSA) is 0 Å².